The molecule has 1 atom stereocenters. The van der Waals surface area contributed by atoms with Crippen molar-refractivity contribution >= 4 is 0 Å². The number of aliphatic hydroxyl groups excluding tert-OH is 1. The van der Waals surface area contributed by atoms with Gasteiger partial charge in [-0.15, -0.1) is 0 Å². The van der Waals surface area contributed by atoms with Crippen LogP contribution in [0.15, 0.2) is 42.5 Å². The Morgan fingerprint density at radius 1 is 1.10 bits per heavy atom. The molecule has 0 aliphatic rings. The van der Waals surface area contributed by atoms with Gasteiger partial charge in [0.05, 0.1) is 13.2 Å². The molecule has 0 saturated heterocycles. The van der Waals surface area contributed by atoms with Gasteiger partial charge in [0.2, 0.25) is 0 Å². The Kier molecular flexibility index (Phi) is 4.88. The molecule has 2 aromatic rings. The molecule has 1 N–H and O–H groups in total. The molecule has 0 saturated carbocycles. The zero-order valence-corrected chi connectivity index (χ0v) is 11.8. The van der Waals surface area contributed by atoms with Gasteiger partial charge in [0, 0.05) is 5.56 Å². The number of hydrogen-bond donors (Lipinski definition) is 1. The van der Waals surface area contributed by atoms with Crippen LogP contribution >= 0.6 is 0 Å². The van der Waals surface area contributed by atoms with E-state index < -0.39 is 6.10 Å². The number of aliphatic hydroxyl groups is 1. The van der Waals surface area contributed by atoms with Gasteiger partial charge in [-0.2, -0.15) is 0 Å². The number of aryl methyl sites for hydroxylation is 2. The van der Waals surface area contributed by atoms with Gasteiger partial charge in [-0.1, -0.05) is 47.5 Å². The Balaban J connectivity index is 1.92. The molecule has 0 aliphatic carbocycles. The highest BCUT2D eigenvalue weighted by atomic mass is 19.1. The second-order valence-electron chi connectivity index (χ2n) is 5.04. The maximum atomic E-state index is 13.4. The van der Waals surface area contributed by atoms with Crippen molar-refractivity contribution in [2.75, 3.05) is 6.61 Å². The number of halogens is 1. The Morgan fingerprint density at radius 2 is 1.75 bits per heavy atom. The maximum absolute atomic E-state index is 13.4. The monoisotopic (exact) mass is 274 g/mol. The third kappa shape index (κ3) is 3.89. The molecule has 0 aliphatic heterocycles. The quantitative estimate of drug-likeness (QED) is 0.901. The summed E-state index contributed by atoms with van der Waals surface area (Å²) in [4.78, 5) is 0. The van der Waals surface area contributed by atoms with Crippen LogP contribution in [0.3, 0.4) is 0 Å². The molecule has 0 amide bonds. The van der Waals surface area contributed by atoms with Crippen LogP contribution in [-0.2, 0) is 11.3 Å². The SMILES string of the molecule is Cc1cc(C)cc(C(O)COCc2ccccc2F)c1. The summed E-state index contributed by atoms with van der Waals surface area (Å²) < 4.78 is 18.8. The lowest BCUT2D eigenvalue weighted by atomic mass is 10.0. The van der Waals surface area contributed by atoms with Crippen molar-refractivity contribution in [1.29, 1.82) is 0 Å². The lowest BCUT2D eigenvalue weighted by Crippen LogP contribution is -2.08. The Bertz CT molecular complexity index is 561. The normalized spacial score (nSPS) is 12.4. The molecular weight excluding hydrogens is 255 g/mol. The van der Waals surface area contributed by atoms with E-state index >= 15 is 0 Å². The van der Waals surface area contributed by atoms with Crippen LogP contribution in [0.25, 0.3) is 0 Å². The fourth-order valence-corrected chi connectivity index (χ4v) is 2.19. The topological polar surface area (TPSA) is 29.5 Å². The highest BCUT2D eigenvalue weighted by Crippen LogP contribution is 2.18. The van der Waals surface area contributed by atoms with E-state index in [1.54, 1.807) is 18.2 Å². The first-order valence-corrected chi connectivity index (χ1v) is 6.63. The van der Waals surface area contributed by atoms with E-state index in [1.165, 1.54) is 6.07 Å². The van der Waals surface area contributed by atoms with Gasteiger partial charge in [0.1, 0.15) is 11.9 Å². The van der Waals surface area contributed by atoms with Gasteiger partial charge in [-0.3, -0.25) is 0 Å². The molecule has 0 bridgehead atoms. The molecule has 0 radical (unpaired) electrons. The predicted octanol–water partition coefficient (Wildman–Crippen LogP) is 3.69. The summed E-state index contributed by atoms with van der Waals surface area (Å²) in [6.07, 6.45) is -0.694. The molecule has 3 heteroatoms. The zero-order valence-electron chi connectivity index (χ0n) is 11.8. The van der Waals surface area contributed by atoms with Gasteiger partial charge in [-0.05, 0) is 25.5 Å². The second kappa shape index (κ2) is 6.64. The number of ether oxygens (including phenoxy) is 1. The molecule has 106 valence electrons. The van der Waals surface area contributed by atoms with Gasteiger partial charge < -0.3 is 9.84 Å². The molecule has 0 aromatic heterocycles. The number of rotatable bonds is 5. The first kappa shape index (κ1) is 14.7. The van der Waals surface area contributed by atoms with Gasteiger partial charge in [0.15, 0.2) is 0 Å². The summed E-state index contributed by atoms with van der Waals surface area (Å²) >= 11 is 0. The van der Waals surface area contributed by atoms with Gasteiger partial charge in [0.25, 0.3) is 0 Å². The Morgan fingerprint density at radius 3 is 2.40 bits per heavy atom. The van der Waals surface area contributed by atoms with Crippen molar-refractivity contribution in [3.63, 3.8) is 0 Å². The first-order chi connectivity index (χ1) is 9.56. The number of benzene rings is 2. The van der Waals surface area contributed by atoms with Crippen LogP contribution in [0.2, 0.25) is 0 Å². The van der Waals surface area contributed by atoms with E-state index in [9.17, 15) is 9.50 Å². The van der Waals surface area contributed by atoms with Crippen molar-refractivity contribution in [2.24, 2.45) is 0 Å². The summed E-state index contributed by atoms with van der Waals surface area (Å²) in [6, 6.07) is 12.4. The average Bonchev–Trinajstić information content (AvgIpc) is 2.39. The zero-order chi connectivity index (χ0) is 14.5. The smallest absolute Gasteiger partial charge is 0.128 e. The van der Waals surface area contributed by atoms with Crippen molar-refractivity contribution in [3.05, 3.63) is 70.5 Å². The van der Waals surface area contributed by atoms with Gasteiger partial charge >= 0.3 is 0 Å². The molecule has 2 rings (SSSR count). The molecule has 20 heavy (non-hydrogen) atoms. The molecule has 1 unspecified atom stereocenters. The molecule has 2 nitrogen and oxygen atoms in total. The molecule has 0 spiro atoms. The Labute approximate surface area is 118 Å². The molecule has 2 aromatic carbocycles. The molecule has 0 fully saturated rings. The minimum atomic E-state index is -0.694. The minimum Gasteiger partial charge on any atom is -0.386 e. The van der Waals surface area contributed by atoms with Crippen LogP contribution in [0, 0.1) is 19.7 Å². The van der Waals surface area contributed by atoms with Crippen LogP contribution in [0.4, 0.5) is 4.39 Å². The van der Waals surface area contributed by atoms with E-state index in [0.29, 0.717) is 5.56 Å². The lowest BCUT2D eigenvalue weighted by Gasteiger charge is -2.13. The maximum Gasteiger partial charge on any atom is 0.128 e. The third-order valence-electron chi connectivity index (χ3n) is 3.12. The summed E-state index contributed by atoms with van der Waals surface area (Å²) in [5.74, 6) is -0.284. The van der Waals surface area contributed by atoms with E-state index in [-0.39, 0.29) is 19.0 Å². The van der Waals surface area contributed by atoms with E-state index in [2.05, 4.69) is 6.07 Å². The summed E-state index contributed by atoms with van der Waals surface area (Å²) in [7, 11) is 0. The van der Waals surface area contributed by atoms with Gasteiger partial charge in [-0.25, -0.2) is 4.39 Å². The van der Waals surface area contributed by atoms with Crippen molar-refractivity contribution < 1.29 is 14.2 Å². The van der Waals surface area contributed by atoms with Crippen molar-refractivity contribution in [1.82, 2.24) is 0 Å². The minimum absolute atomic E-state index is 0.150. The van der Waals surface area contributed by atoms with Crippen molar-refractivity contribution in [2.45, 2.75) is 26.6 Å². The van der Waals surface area contributed by atoms with E-state index in [0.717, 1.165) is 16.7 Å². The van der Waals surface area contributed by atoms with Crippen LogP contribution in [-0.4, -0.2) is 11.7 Å². The largest absolute Gasteiger partial charge is 0.386 e. The number of hydrogen-bond acceptors (Lipinski definition) is 2. The van der Waals surface area contributed by atoms with Crippen LogP contribution in [0.1, 0.15) is 28.4 Å². The fraction of sp³-hybridized carbons (Fsp3) is 0.294. The van der Waals surface area contributed by atoms with Crippen LogP contribution in [0.5, 0.6) is 0 Å². The molecule has 0 heterocycles. The Hall–Kier alpha value is -1.71. The summed E-state index contributed by atoms with van der Waals surface area (Å²) in [5, 5.41) is 10.1. The first-order valence-electron chi connectivity index (χ1n) is 6.63. The summed E-state index contributed by atoms with van der Waals surface area (Å²) in [5.41, 5.74) is 3.54. The fourth-order valence-electron chi connectivity index (χ4n) is 2.19. The second-order valence-corrected chi connectivity index (χ2v) is 5.04. The lowest BCUT2D eigenvalue weighted by molar-refractivity contribution is 0.0266. The van der Waals surface area contributed by atoms with E-state index in [1.807, 2.05) is 26.0 Å². The predicted molar refractivity (Wildman–Crippen MR) is 76.9 cm³/mol. The third-order valence-corrected chi connectivity index (χ3v) is 3.12. The van der Waals surface area contributed by atoms with E-state index in [4.69, 9.17) is 4.74 Å². The molecular formula is C17H19FO2. The highest BCUT2D eigenvalue weighted by molar-refractivity contribution is 5.30. The highest BCUT2D eigenvalue weighted by Gasteiger charge is 2.09. The average molecular weight is 274 g/mol. The standard InChI is InChI=1S/C17H19FO2/c1-12-7-13(2)9-15(8-12)17(19)11-20-10-14-5-3-4-6-16(14)18/h3-9,17,19H,10-11H2,1-2H3. The van der Waals surface area contributed by atoms with Crippen LogP contribution < -0.4 is 0 Å². The summed E-state index contributed by atoms with van der Waals surface area (Å²) in [6.45, 7) is 4.29. The van der Waals surface area contributed by atoms with Crippen molar-refractivity contribution in [3.8, 4) is 0 Å².